The lowest BCUT2D eigenvalue weighted by atomic mass is 10.1. The maximum Gasteiger partial charge on any atom is 0.343 e. The Kier molecular flexibility index (Phi) is 5.31. The van der Waals surface area contributed by atoms with E-state index >= 15 is 0 Å². The summed E-state index contributed by atoms with van der Waals surface area (Å²) in [7, 11) is 1.10. The molecule has 0 unspecified atom stereocenters. The first kappa shape index (κ1) is 16.9. The molecule has 0 aromatic heterocycles. The Morgan fingerprint density at radius 2 is 2.13 bits per heavy atom. The number of nitrogens with zero attached hydrogens (tertiary/aromatic N) is 1. The van der Waals surface area contributed by atoms with E-state index in [-0.39, 0.29) is 23.8 Å². The van der Waals surface area contributed by atoms with Gasteiger partial charge < -0.3 is 14.6 Å². The number of aliphatic imine (C=N–C) groups is 1. The van der Waals surface area contributed by atoms with Gasteiger partial charge in [0.1, 0.15) is 11.3 Å². The summed E-state index contributed by atoms with van der Waals surface area (Å²) >= 11 is 0. The number of aliphatic hydroxyl groups excluding tert-OH is 1. The fraction of sp³-hybridized carbons (Fsp3) is 0.375. The van der Waals surface area contributed by atoms with Gasteiger partial charge >= 0.3 is 5.97 Å². The molecule has 0 heterocycles. The predicted octanol–water partition coefficient (Wildman–Crippen LogP) is 3.04. The summed E-state index contributed by atoms with van der Waals surface area (Å²) in [5, 5.41) is 10.3. The highest BCUT2D eigenvalue weighted by molar-refractivity contribution is 6.15. The van der Waals surface area contributed by atoms with E-state index in [1.807, 2.05) is 0 Å². The number of aliphatic hydroxyl groups is 1. The van der Waals surface area contributed by atoms with Gasteiger partial charge in [0.05, 0.1) is 25.3 Å². The van der Waals surface area contributed by atoms with Crippen LogP contribution in [0.2, 0.25) is 0 Å². The number of benzene rings is 1. The van der Waals surface area contributed by atoms with Crippen molar-refractivity contribution in [1.29, 1.82) is 0 Å². The van der Waals surface area contributed by atoms with Gasteiger partial charge in [-0.3, -0.25) is 4.99 Å². The average molecular weight is 325 g/mol. The van der Waals surface area contributed by atoms with Crippen LogP contribution in [0.4, 0.5) is 8.78 Å². The largest absolute Gasteiger partial charge is 0.506 e. The molecular formula is C16H17F2NO4. The Balaban J connectivity index is 2.50. The standard InChI is InChI=1S/C16H17F2NO4/c1-3-23-16(21)11(8-19-9-4-5-9)14(20)10-6-7-12(17)15(22-2)13(10)18/h6-9,20H,3-5H2,1-2H3. The van der Waals surface area contributed by atoms with Crippen LogP contribution in [0.5, 0.6) is 5.75 Å². The summed E-state index contributed by atoms with van der Waals surface area (Å²) in [5.41, 5.74) is -0.653. The molecule has 23 heavy (non-hydrogen) atoms. The Bertz CT molecular complexity index is 666. The minimum absolute atomic E-state index is 0.0854. The van der Waals surface area contributed by atoms with Crippen LogP contribution < -0.4 is 4.74 Å². The number of hydrogen-bond donors (Lipinski definition) is 1. The minimum atomic E-state index is -1.10. The van der Waals surface area contributed by atoms with Crippen molar-refractivity contribution in [1.82, 2.24) is 0 Å². The quantitative estimate of drug-likeness (QED) is 0.378. The van der Waals surface area contributed by atoms with Gasteiger partial charge in [-0.25, -0.2) is 13.6 Å². The summed E-state index contributed by atoms with van der Waals surface area (Å²) in [4.78, 5) is 16.1. The zero-order valence-corrected chi connectivity index (χ0v) is 12.8. The monoisotopic (exact) mass is 325 g/mol. The Morgan fingerprint density at radius 1 is 1.43 bits per heavy atom. The maximum atomic E-state index is 14.2. The van der Waals surface area contributed by atoms with Crippen molar-refractivity contribution in [3.05, 3.63) is 34.9 Å². The highest BCUT2D eigenvalue weighted by atomic mass is 19.1. The molecule has 0 bridgehead atoms. The van der Waals surface area contributed by atoms with Crippen molar-refractivity contribution in [2.45, 2.75) is 25.8 Å². The molecule has 1 saturated carbocycles. The molecule has 0 saturated heterocycles. The van der Waals surface area contributed by atoms with E-state index in [2.05, 4.69) is 9.73 Å². The topological polar surface area (TPSA) is 68.1 Å². The average Bonchev–Trinajstić information content (AvgIpc) is 3.32. The number of carbonyl (C=O) groups is 1. The molecule has 5 nitrogen and oxygen atoms in total. The van der Waals surface area contributed by atoms with Crippen LogP contribution in [0, 0.1) is 11.6 Å². The number of esters is 1. The van der Waals surface area contributed by atoms with Crippen molar-refractivity contribution in [3.63, 3.8) is 0 Å². The van der Waals surface area contributed by atoms with Crippen LogP contribution in [-0.2, 0) is 9.53 Å². The third kappa shape index (κ3) is 3.85. The number of halogens is 2. The molecule has 7 heteroatoms. The van der Waals surface area contributed by atoms with E-state index in [0.29, 0.717) is 0 Å². The molecule has 0 aliphatic heterocycles. The second-order valence-corrected chi connectivity index (χ2v) is 4.93. The third-order valence-electron chi connectivity index (χ3n) is 3.22. The molecule has 2 rings (SSSR count). The van der Waals surface area contributed by atoms with Crippen molar-refractivity contribution in [2.24, 2.45) is 4.99 Å². The number of rotatable bonds is 6. The van der Waals surface area contributed by atoms with E-state index in [1.54, 1.807) is 6.92 Å². The van der Waals surface area contributed by atoms with E-state index in [4.69, 9.17) is 4.74 Å². The summed E-state index contributed by atoms with van der Waals surface area (Å²) in [6.07, 6.45) is 2.96. The second kappa shape index (κ2) is 7.21. The maximum absolute atomic E-state index is 14.2. The lowest BCUT2D eigenvalue weighted by Crippen LogP contribution is -2.12. The van der Waals surface area contributed by atoms with Gasteiger partial charge in [0, 0.05) is 6.21 Å². The first-order valence-electron chi connectivity index (χ1n) is 7.15. The lowest BCUT2D eigenvalue weighted by molar-refractivity contribution is -0.137. The molecule has 1 fully saturated rings. The third-order valence-corrected chi connectivity index (χ3v) is 3.22. The summed E-state index contributed by atoms with van der Waals surface area (Å²) < 4.78 is 37.2. The summed E-state index contributed by atoms with van der Waals surface area (Å²) in [6, 6.07) is 2.06. The Labute approximate surface area is 132 Å². The fourth-order valence-electron chi connectivity index (χ4n) is 1.87. The van der Waals surface area contributed by atoms with Gasteiger partial charge in [0.15, 0.2) is 17.4 Å². The van der Waals surface area contributed by atoms with Crippen LogP contribution in [0.3, 0.4) is 0 Å². The highest BCUT2D eigenvalue weighted by Crippen LogP contribution is 2.29. The molecule has 0 amide bonds. The van der Waals surface area contributed by atoms with Gasteiger partial charge in [-0.15, -0.1) is 0 Å². The van der Waals surface area contributed by atoms with Crippen molar-refractivity contribution in [2.75, 3.05) is 13.7 Å². The molecule has 0 spiro atoms. The smallest absolute Gasteiger partial charge is 0.343 e. The summed E-state index contributed by atoms with van der Waals surface area (Å²) in [6.45, 7) is 1.69. The van der Waals surface area contributed by atoms with Crippen molar-refractivity contribution in [3.8, 4) is 5.75 Å². The lowest BCUT2D eigenvalue weighted by Gasteiger charge is -2.10. The molecule has 1 aromatic carbocycles. The van der Waals surface area contributed by atoms with Crippen LogP contribution in [0.1, 0.15) is 25.3 Å². The number of carbonyl (C=O) groups excluding carboxylic acids is 1. The van der Waals surface area contributed by atoms with Crippen molar-refractivity contribution < 1.29 is 28.2 Å². The molecule has 0 radical (unpaired) electrons. The molecule has 1 N–H and O–H groups in total. The molecule has 1 aliphatic rings. The van der Waals surface area contributed by atoms with Crippen LogP contribution in [0.15, 0.2) is 22.7 Å². The van der Waals surface area contributed by atoms with Gasteiger partial charge in [0.25, 0.3) is 0 Å². The van der Waals surface area contributed by atoms with E-state index in [9.17, 15) is 18.7 Å². The molecule has 124 valence electrons. The van der Waals surface area contributed by atoms with E-state index < -0.39 is 29.1 Å². The first-order chi connectivity index (χ1) is 11.0. The normalized spacial score (nSPS) is 15.5. The molecular weight excluding hydrogens is 308 g/mol. The summed E-state index contributed by atoms with van der Waals surface area (Å²) in [5.74, 6) is -4.17. The highest BCUT2D eigenvalue weighted by Gasteiger charge is 2.24. The molecule has 1 aliphatic carbocycles. The van der Waals surface area contributed by atoms with Gasteiger partial charge in [0.2, 0.25) is 0 Å². The minimum Gasteiger partial charge on any atom is -0.506 e. The predicted molar refractivity (Wildman–Crippen MR) is 80.6 cm³/mol. The number of ether oxygens (including phenoxy) is 2. The molecule has 1 aromatic rings. The Morgan fingerprint density at radius 3 is 2.70 bits per heavy atom. The van der Waals surface area contributed by atoms with Gasteiger partial charge in [-0.2, -0.15) is 0 Å². The fourth-order valence-corrected chi connectivity index (χ4v) is 1.87. The zero-order valence-electron chi connectivity index (χ0n) is 12.8. The Hall–Kier alpha value is -2.44. The van der Waals surface area contributed by atoms with Gasteiger partial charge in [-0.1, -0.05) is 0 Å². The van der Waals surface area contributed by atoms with Gasteiger partial charge in [-0.05, 0) is 31.9 Å². The van der Waals surface area contributed by atoms with Crippen LogP contribution in [-0.4, -0.2) is 37.0 Å². The van der Waals surface area contributed by atoms with Crippen LogP contribution in [0.25, 0.3) is 5.76 Å². The number of hydrogen-bond acceptors (Lipinski definition) is 5. The van der Waals surface area contributed by atoms with E-state index in [1.165, 1.54) is 6.21 Å². The first-order valence-corrected chi connectivity index (χ1v) is 7.15. The SMILES string of the molecule is CCOC(=O)C(C=NC1CC1)=C(O)c1ccc(F)c(OC)c1F. The second-order valence-electron chi connectivity index (χ2n) is 4.93. The van der Waals surface area contributed by atoms with Crippen LogP contribution >= 0.6 is 0 Å². The molecule has 0 atom stereocenters. The van der Waals surface area contributed by atoms with E-state index in [0.717, 1.165) is 32.1 Å². The van der Waals surface area contributed by atoms with Crippen molar-refractivity contribution >= 4 is 17.9 Å². The zero-order chi connectivity index (χ0) is 17.0. The number of methoxy groups -OCH3 is 1.